The number of aryl methyl sites for hydroxylation is 1. The highest BCUT2D eigenvalue weighted by Gasteiger charge is 2.09. The van der Waals surface area contributed by atoms with Gasteiger partial charge in [-0.2, -0.15) is 0 Å². The molecule has 0 aliphatic heterocycles. The quantitative estimate of drug-likeness (QED) is 0.679. The van der Waals surface area contributed by atoms with Crippen molar-refractivity contribution < 1.29 is 19.6 Å². The highest BCUT2D eigenvalue weighted by molar-refractivity contribution is 5.88. The summed E-state index contributed by atoms with van der Waals surface area (Å²) in [7, 11) is 0. The summed E-state index contributed by atoms with van der Waals surface area (Å²) < 4.78 is 5.45. The molecule has 0 radical (unpaired) electrons. The molecule has 0 amide bonds. The number of nitrogens with zero attached hydrogens (tertiary/aromatic N) is 2. The number of hydrogen-bond donors (Lipinski definition) is 1. The van der Waals surface area contributed by atoms with Crippen LogP contribution in [0.25, 0.3) is 0 Å². The number of carboxylic acid groups (broad SMARTS) is 1. The number of nitro groups is 1. The van der Waals surface area contributed by atoms with Gasteiger partial charge in [0.1, 0.15) is 11.9 Å². The van der Waals surface area contributed by atoms with Crippen LogP contribution in [0.3, 0.4) is 0 Å². The average Bonchev–Trinajstić information content (AvgIpc) is 2.41. The maximum atomic E-state index is 10.8. The first-order valence-corrected chi connectivity index (χ1v) is 5.59. The molecule has 1 N–H and O–H groups in total. The van der Waals surface area contributed by atoms with Crippen LogP contribution in [0, 0.1) is 17.0 Å². The van der Waals surface area contributed by atoms with Crippen LogP contribution in [-0.4, -0.2) is 21.0 Å². The van der Waals surface area contributed by atoms with Crippen molar-refractivity contribution in [3.8, 4) is 11.6 Å². The van der Waals surface area contributed by atoms with E-state index < -0.39 is 10.9 Å². The lowest BCUT2D eigenvalue weighted by Crippen LogP contribution is -1.98. The lowest BCUT2D eigenvalue weighted by molar-refractivity contribution is -0.385. The molecule has 1 aromatic heterocycles. The van der Waals surface area contributed by atoms with E-state index in [1.165, 1.54) is 30.3 Å². The maximum absolute atomic E-state index is 10.8. The Morgan fingerprint density at radius 3 is 2.60 bits per heavy atom. The van der Waals surface area contributed by atoms with Crippen LogP contribution in [0.1, 0.15) is 15.9 Å². The minimum atomic E-state index is -1.02. The highest BCUT2D eigenvalue weighted by atomic mass is 16.6. The molecule has 0 spiro atoms. The van der Waals surface area contributed by atoms with Crippen LogP contribution in [0.15, 0.2) is 36.5 Å². The molecule has 1 heterocycles. The molecule has 0 aliphatic carbocycles. The van der Waals surface area contributed by atoms with E-state index in [9.17, 15) is 14.9 Å². The first-order valence-electron chi connectivity index (χ1n) is 5.59. The van der Waals surface area contributed by atoms with Crippen LogP contribution < -0.4 is 4.74 Å². The van der Waals surface area contributed by atoms with Gasteiger partial charge in [0.25, 0.3) is 5.69 Å². The van der Waals surface area contributed by atoms with Crippen LogP contribution >= 0.6 is 0 Å². The zero-order chi connectivity index (χ0) is 14.7. The molecule has 20 heavy (non-hydrogen) atoms. The number of pyridine rings is 1. The second-order valence-corrected chi connectivity index (χ2v) is 4.00. The second-order valence-electron chi connectivity index (χ2n) is 4.00. The van der Waals surface area contributed by atoms with Crippen molar-refractivity contribution in [2.24, 2.45) is 0 Å². The standard InChI is InChI=1S/C13H10N2O5/c1-8-6-9(13(16)17)2-4-11(8)20-12-5-3-10(7-14-12)15(18)19/h2-7H,1H3,(H,16,17). The molecule has 7 heteroatoms. The van der Waals surface area contributed by atoms with Gasteiger partial charge in [0.15, 0.2) is 0 Å². The largest absolute Gasteiger partial charge is 0.478 e. The highest BCUT2D eigenvalue weighted by Crippen LogP contribution is 2.25. The molecule has 0 atom stereocenters. The summed E-state index contributed by atoms with van der Waals surface area (Å²) in [6.07, 6.45) is 1.09. The van der Waals surface area contributed by atoms with Crippen molar-refractivity contribution >= 4 is 11.7 Å². The third-order valence-corrected chi connectivity index (χ3v) is 2.57. The SMILES string of the molecule is Cc1cc(C(=O)O)ccc1Oc1ccc([N+](=O)[O-])cn1. The van der Waals surface area contributed by atoms with E-state index in [1.807, 2.05) is 0 Å². The molecule has 7 nitrogen and oxygen atoms in total. The van der Waals surface area contributed by atoms with Crippen LogP contribution in [-0.2, 0) is 0 Å². The predicted molar refractivity (Wildman–Crippen MR) is 69.1 cm³/mol. The fraction of sp³-hybridized carbons (Fsp3) is 0.0769. The summed E-state index contributed by atoms with van der Waals surface area (Å²) in [6.45, 7) is 1.70. The normalized spacial score (nSPS) is 10.1. The topological polar surface area (TPSA) is 103 Å². The molecule has 0 unspecified atom stereocenters. The third-order valence-electron chi connectivity index (χ3n) is 2.57. The molecular weight excluding hydrogens is 264 g/mol. The number of aromatic carboxylic acids is 1. The van der Waals surface area contributed by atoms with E-state index in [0.29, 0.717) is 11.3 Å². The lowest BCUT2D eigenvalue weighted by atomic mass is 10.1. The van der Waals surface area contributed by atoms with Crippen LogP contribution in [0.4, 0.5) is 5.69 Å². The Kier molecular flexibility index (Phi) is 3.60. The van der Waals surface area contributed by atoms with E-state index in [1.54, 1.807) is 6.92 Å². The fourth-order valence-electron chi connectivity index (χ4n) is 1.55. The van der Waals surface area contributed by atoms with Crippen molar-refractivity contribution in [1.82, 2.24) is 4.98 Å². The fourth-order valence-corrected chi connectivity index (χ4v) is 1.55. The van der Waals surface area contributed by atoms with Crippen molar-refractivity contribution in [2.45, 2.75) is 6.92 Å². The Balaban J connectivity index is 2.21. The Morgan fingerprint density at radius 2 is 2.10 bits per heavy atom. The van der Waals surface area contributed by atoms with Gasteiger partial charge in [0.2, 0.25) is 5.88 Å². The molecule has 0 fully saturated rings. The first kappa shape index (κ1) is 13.5. The van der Waals surface area contributed by atoms with Crippen molar-refractivity contribution in [1.29, 1.82) is 0 Å². The van der Waals surface area contributed by atoms with E-state index in [-0.39, 0.29) is 17.1 Å². The van der Waals surface area contributed by atoms with Gasteiger partial charge in [0.05, 0.1) is 10.5 Å². The van der Waals surface area contributed by atoms with Gasteiger partial charge >= 0.3 is 5.97 Å². The van der Waals surface area contributed by atoms with Crippen molar-refractivity contribution in [3.63, 3.8) is 0 Å². The molecule has 0 aliphatic rings. The molecule has 0 saturated heterocycles. The Labute approximate surface area is 113 Å². The van der Waals surface area contributed by atoms with Gasteiger partial charge in [-0.3, -0.25) is 10.1 Å². The van der Waals surface area contributed by atoms with Gasteiger partial charge in [-0.15, -0.1) is 0 Å². The third kappa shape index (κ3) is 2.89. The maximum Gasteiger partial charge on any atom is 0.335 e. The first-order chi connectivity index (χ1) is 9.47. The summed E-state index contributed by atoms with van der Waals surface area (Å²) in [5.74, 6) is -0.383. The molecule has 2 aromatic rings. The number of benzene rings is 1. The van der Waals surface area contributed by atoms with Crippen LogP contribution in [0.5, 0.6) is 11.6 Å². The van der Waals surface area contributed by atoms with E-state index in [2.05, 4.69) is 4.98 Å². The summed E-state index contributed by atoms with van der Waals surface area (Å²) in [5, 5.41) is 19.4. The minimum Gasteiger partial charge on any atom is -0.478 e. The van der Waals surface area contributed by atoms with E-state index in [0.717, 1.165) is 6.20 Å². The molecule has 0 saturated carbocycles. The predicted octanol–water partition coefficient (Wildman–Crippen LogP) is 2.79. The minimum absolute atomic E-state index is 0.129. The molecule has 1 aromatic carbocycles. The van der Waals surface area contributed by atoms with Gasteiger partial charge in [-0.05, 0) is 30.7 Å². The lowest BCUT2D eigenvalue weighted by Gasteiger charge is -2.08. The summed E-state index contributed by atoms with van der Waals surface area (Å²) in [5.41, 5.74) is 0.659. The number of rotatable bonds is 4. The Hall–Kier alpha value is -2.96. The average molecular weight is 274 g/mol. The monoisotopic (exact) mass is 274 g/mol. The summed E-state index contributed by atoms with van der Waals surface area (Å²) in [4.78, 5) is 24.6. The number of carbonyl (C=O) groups is 1. The zero-order valence-electron chi connectivity index (χ0n) is 10.4. The number of hydrogen-bond acceptors (Lipinski definition) is 5. The van der Waals surface area contributed by atoms with Crippen molar-refractivity contribution in [3.05, 3.63) is 57.8 Å². The Morgan fingerprint density at radius 1 is 1.35 bits per heavy atom. The van der Waals surface area contributed by atoms with Crippen molar-refractivity contribution in [2.75, 3.05) is 0 Å². The second kappa shape index (κ2) is 5.35. The zero-order valence-corrected chi connectivity index (χ0v) is 10.4. The van der Waals surface area contributed by atoms with E-state index in [4.69, 9.17) is 9.84 Å². The van der Waals surface area contributed by atoms with Crippen LogP contribution in [0.2, 0.25) is 0 Å². The van der Waals surface area contributed by atoms with Gasteiger partial charge in [-0.1, -0.05) is 0 Å². The van der Waals surface area contributed by atoms with Gasteiger partial charge in [-0.25, -0.2) is 9.78 Å². The Bertz CT molecular complexity index is 667. The number of ether oxygens (including phenoxy) is 1. The number of aromatic nitrogens is 1. The van der Waals surface area contributed by atoms with E-state index >= 15 is 0 Å². The van der Waals surface area contributed by atoms with Gasteiger partial charge < -0.3 is 9.84 Å². The molecule has 2 rings (SSSR count). The number of carboxylic acids is 1. The molecule has 0 bridgehead atoms. The van der Waals surface area contributed by atoms with Gasteiger partial charge in [0, 0.05) is 12.1 Å². The molecule has 102 valence electrons. The summed E-state index contributed by atoms with van der Waals surface area (Å²) in [6, 6.07) is 7.06. The smallest absolute Gasteiger partial charge is 0.335 e. The molecular formula is C13H10N2O5. The summed E-state index contributed by atoms with van der Waals surface area (Å²) >= 11 is 0.